The Labute approximate surface area is 178 Å². The minimum atomic E-state index is -1.64. The van der Waals surface area contributed by atoms with E-state index in [-0.39, 0.29) is 5.91 Å². The zero-order valence-electron chi connectivity index (χ0n) is 16.9. The normalized spacial score (nSPS) is 21.2. The lowest BCUT2D eigenvalue weighted by Gasteiger charge is -2.35. The molecule has 31 heavy (non-hydrogen) atoms. The zero-order valence-corrected chi connectivity index (χ0v) is 16.9. The van der Waals surface area contributed by atoms with E-state index in [1.807, 2.05) is 41.3 Å². The summed E-state index contributed by atoms with van der Waals surface area (Å²) in [6, 6.07) is 11.2. The highest BCUT2D eigenvalue weighted by atomic mass is 19.1. The average Bonchev–Trinajstić information content (AvgIpc) is 3.03. The first kappa shape index (κ1) is 19.4. The van der Waals surface area contributed by atoms with E-state index in [1.54, 1.807) is 7.05 Å². The van der Waals surface area contributed by atoms with E-state index >= 15 is 0 Å². The molecule has 0 spiro atoms. The van der Waals surface area contributed by atoms with E-state index in [1.165, 1.54) is 11.2 Å². The Balaban J connectivity index is 1.48. The number of hydrogen-bond acceptors (Lipinski definition) is 6. The minimum Gasteiger partial charge on any atom is -0.369 e. The third kappa shape index (κ3) is 3.47. The number of benzene rings is 1. The second-order valence-electron chi connectivity index (χ2n) is 7.93. The molecule has 1 N–H and O–H groups in total. The minimum absolute atomic E-state index is 0.292. The maximum atomic E-state index is 13.3. The number of rotatable bonds is 2. The lowest BCUT2D eigenvalue weighted by Crippen LogP contribution is -2.49. The first-order valence-electron chi connectivity index (χ1n) is 10.1. The summed E-state index contributed by atoms with van der Waals surface area (Å²) in [6.45, 7) is 1.09. The topological polar surface area (TPSA) is 82.4 Å². The van der Waals surface area contributed by atoms with Gasteiger partial charge in [-0.1, -0.05) is 24.0 Å². The SMILES string of the molecule is CN1CCC(O)(C#Cc2cccc(-c3ccc4ncnc(N5CC(F)C5)c4n3)c2)C1=O. The monoisotopic (exact) mass is 417 g/mol. The van der Waals surface area contributed by atoms with Crippen molar-refractivity contribution in [3.05, 3.63) is 48.3 Å². The standard InChI is InChI=1S/C23H20FN5O2/c1-28-10-9-23(31,22(28)30)8-7-15-3-2-4-16(11-15)18-5-6-19-20(27-18)21(26-14-25-19)29-12-17(24)13-29/h2-6,11,14,17,31H,9-10,12-13H2,1H3. The Bertz CT molecular complexity index is 1250. The van der Waals surface area contributed by atoms with Gasteiger partial charge in [0.1, 0.15) is 18.0 Å². The number of aromatic nitrogens is 3. The Morgan fingerprint density at radius 3 is 2.81 bits per heavy atom. The van der Waals surface area contributed by atoms with Gasteiger partial charge in [-0.25, -0.2) is 19.3 Å². The van der Waals surface area contributed by atoms with E-state index in [0.717, 1.165) is 5.56 Å². The van der Waals surface area contributed by atoms with Gasteiger partial charge in [-0.3, -0.25) is 4.79 Å². The summed E-state index contributed by atoms with van der Waals surface area (Å²) in [5.41, 5.74) is 1.89. The number of anilines is 1. The van der Waals surface area contributed by atoms with Gasteiger partial charge in [-0.05, 0) is 24.3 Å². The molecule has 2 aromatic heterocycles. The van der Waals surface area contributed by atoms with Gasteiger partial charge in [-0.15, -0.1) is 0 Å². The van der Waals surface area contributed by atoms with Crippen LogP contribution in [-0.4, -0.2) is 69.3 Å². The Kier molecular flexibility index (Phi) is 4.56. The maximum absolute atomic E-state index is 13.3. The molecule has 3 aromatic rings. The van der Waals surface area contributed by atoms with E-state index in [0.29, 0.717) is 54.2 Å². The number of likely N-dealkylation sites (tertiary alicyclic amines) is 1. The number of halogens is 1. The van der Waals surface area contributed by atoms with Crippen LogP contribution >= 0.6 is 0 Å². The van der Waals surface area contributed by atoms with Crippen molar-refractivity contribution in [2.75, 3.05) is 31.6 Å². The Hall–Kier alpha value is -3.57. The number of fused-ring (bicyclic) bond motifs is 1. The van der Waals surface area contributed by atoms with Crippen LogP contribution in [0.15, 0.2) is 42.7 Å². The number of pyridine rings is 1. The summed E-state index contributed by atoms with van der Waals surface area (Å²) in [7, 11) is 1.65. The van der Waals surface area contributed by atoms with Crippen molar-refractivity contribution in [2.45, 2.75) is 18.2 Å². The lowest BCUT2D eigenvalue weighted by atomic mass is 10.0. The maximum Gasteiger partial charge on any atom is 0.267 e. The molecule has 1 atom stereocenters. The molecule has 0 bridgehead atoms. The van der Waals surface area contributed by atoms with Gasteiger partial charge in [0.05, 0.1) is 24.3 Å². The molecule has 2 aliphatic heterocycles. The van der Waals surface area contributed by atoms with Crippen molar-refractivity contribution in [1.82, 2.24) is 19.9 Å². The van der Waals surface area contributed by atoms with Gasteiger partial charge in [-0.2, -0.15) is 0 Å². The van der Waals surface area contributed by atoms with Crippen LogP contribution in [0.2, 0.25) is 0 Å². The highest BCUT2D eigenvalue weighted by Crippen LogP contribution is 2.29. The highest BCUT2D eigenvalue weighted by molar-refractivity contribution is 5.90. The molecule has 2 aliphatic rings. The van der Waals surface area contributed by atoms with E-state index in [2.05, 4.69) is 21.8 Å². The van der Waals surface area contributed by atoms with Crippen molar-refractivity contribution in [3.8, 4) is 23.1 Å². The van der Waals surface area contributed by atoms with Gasteiger partial charge in [0.2, 0.25) is 5.60 Å². The molecule has 156 valence electrons. The van der Waals surface area contributed by atoms with Crippen molar-refractivity contribution >= 4 is 22.8 Å². The third-order valence-electron chi connectivity index (χ3n) is 5.68. The quantitative estimate of drug-likeness (QED) is 0.641. The van der Waals surface area contributed by atoms with Gasteiger partial charge < -0.3 is 14.9 Å². The average molecular weight is 417 g/mol. The van der Waals surface area contributed by atoms with Crippen LogP contribution in [0.3, 0.4) is 0 Å². The molecule has 1 unspecified atom stereocenters. The molecule has 2 fully saturated rings. The van der Waals surface area contributed by atoms with Gasteiger partial charge in [0, 0.05) is 31.1 Å². The molecule has 1 aromatic carbocycles. The first-order chi connectivity index (χ1) is 14.9. The number of carbonyl (C=O) groups is 1. The number of hydrogen-bond donors (Lipinski definition) is 1. The van der Waals surface area contributed by atoms with Crippen molar-refractivity contribution in [2.24, 2.45) is 0 Å². The third-order valence-corrected chi connectivity index (χ3v) is 5.68. The second kappa shape index (κ2) is 7.29. The summed E-state index contributed by atoms with van der Waals surface area (Å²) >= 11 is 0. The molecule has 1 amide bonds. The highest BCUT2D eigenvalue weighted by Gasteiger charge is 2.42. The fourth-order valence-electron chi connectivity index (χ4n) is 3.82. The summed E-state index contributed by atoms with van der Waals surface area (Å²) < 4.78 is 13.3. The molecule has 8 heteroatoms. The van der Waals surface area contributed by atoms with E-state index in [4.69, 9.17) is 4.98 Å². The molecular formula is C23H20FN5O2. The van der Waals surface area contributed by atoms with Crippen LogP contribution in [0.25, 0.3) is 22.3 Å². The predicted molar refractivity (Wildman–Crippen MR) is 114 cm³/mol. The Morgan fingerprint density at radius 2 is 2.06 bits per heavy atom. The van der Waals surface area contributed by atoms with Crippen LogP contribution in [0.4, 0.5) is 10.2 Å². The van der Waals surface area contributed by atoms with Crippen LogP contribution < -0.4 is 4.90 Å². The van der Waals surface area contributed by atoms with E-state index in [9.17, 15) is 14.3 Å². The van der Waals surface area contributed by atoms with Crippen molar-refractivity contribution in [1.29, 1.82) is 0 Å². The molecule has 4 heterocycles. The summed E-state index contributed by atoms with van der Waals surface area (Å²) in [5, 5.41) is 10.5. The molecule has 0 aliphatic carbocycles. The summed E-state index contributed by atoms with van der Waals surface area (Å²) in [5.74, 6) is 5.92. The first-order valence-corrected chi connectivity index (χ1v) is 10.1. The molecule has 2 saturated heterocycles. The fraction of sp³-hybridized carbons (Fsp3) is 0.304. The number of aliphatic hydroxyl groups is 1. The van der Waals surface area contributed by atoms with Crippen LogP contribution in [0, 0.1) is 11.8 Å². The lowest BCUT2D eigenvalue weighted by molar-refractivity contribution is -0.137. The van der Waals surface area contributed by atoms with Gasteiger partial charge in [0.25, 0.3) is 5.91 Å². The molecule has 0 saturated carbocycles. The predicted octanol–water partition coefficient (Wildman–Crippen LogP) is 1.79. The fourth-order valence-corrected chi connectivity index (χ4v) is 3.82. The zero-order chi connectivity index (χ0) is 21.6. The van der Waals surface area contributed by atoms with E-state index < -0.39 is 11.8 Å². The van der Waals surface area contributed by atoms with Crippen molar-refractivity contribution < 1.29 is 14.3 Å². The number of alkyl halides is 1. The molecular weight excluding hydrogens is 397 g/mol. The largest absolute Gasteiger partial charge is 0.369 e. The number of nitrogens with zero attached hydrogens (tertiary/aromatic N) is 5. The number of carbonyl (C=O) groups excluding carboxylic acids is 1. The van der Waals surface area contributed by atoms with Crippen LogP contribution in [0.5, 0.6) is 0 Å². The van der Waals surface area contributed by atoms with Crippen LogP contribution in [-0.2, 0) is 4.79 Å². The molecule has 5 rings (SSSR count). The molecule has 0 radical (unpaired) electrons. The van der Waals surface area contributed by atoms with Crippen molar-refractivity contribution in [3.63, 3.8) is 0 Å². The Morgan fingerprint density at radius 1 is 1.23 bits per heavy atom. The molecule has 7 nitrogen and oxygen atoms in total. The van der Waals surface area contributed by atoms with Gasteiger partial charge in [0.15, 0.2) is 5.82 Å². The van der Waals surface area contributed by atoms with Gasteiger partial charge >= 0.3 is 0 Å². The number of likely N-dealkylation sites (N-methyl/N-ethyl adjacent to an activating group) is 1. The number of amides is 1. The summed E-state index contributed by atoms with van der Waals surface area (Å²) in [6.07, 6.45) is 0.915. The van der Waals surface area contributed by atoms with Crippen LogP contribution in [0.1, 0.15) is 12.0 Å². The summed E-state index contributed by atoms with van der Waals surface area (Å²) in [4.78, 5) is 28.8. The smallest absolute Gasteiger partial charge is 0.267 e. The second-order valence-corrected chi connectivity index (χ2v) is 7.93.